The van der Waals surface area contributed by atoms with Gasteiger partial charge in [0.2, 0.25) is 0 Å². The normalized spacial score (nSPS) is 17.7. The first-order valence-corrected chi connectivity index (χ1v) is 6.10. The number of rotatable bonds is 1. The van der Waals surface area contributed by atoms with E-state index in [1.54, 1.807) is 6.07 Å². The molecule has 1 aliphatic heterocycles. The third-order valence-corrected chi connectivity index (χ3v) is 3.34. The summed E-state index contributed by atoms with van der Waals surface area (Å²) >= 11 is 3.42. The lowest BCUT2D eigenvalue weighted by molar-refractivity contribution is 0.0456. The van der Waals surface area contributed by atoms with Gasteiger partial charge in [-0.15, -0.1) is 0 Å². The first kappa shape index (κ1) is 10.5. The Labute approximate surface area is 107 Å². The summed E-state index contributed by atoms with van der Waals surface area (Å²) in [6.45, 7) is 0. The van der Waals surface area contributed by atoms with Gasteiger partial charge in [0.25, 0.3) is 0 Å². The Hall–Kier alpha value is -1.61. The fraction of sp³-hybridized carbons (Fsp3) is 0.0714. The molecular formula is C14H9BrO2. The van der Waals surface area contributed by atoms with Crippen molar-refractivity contribution < 1.29 is 9.53 Å². The topological polar surface area (TPSA) is 26.3 Å². The second kappa shape index (κ2) is 4.00. The summed E-state index contributed by atoms with van der Waals surface area (Å²) in [6.07, 6.45) is -0.281. The lowest BCUT2D eigenvalue weighted by Gasteiger charge is -2.10. The zero-order valence-corrected chi connectivity index (χ0v) is 10.5. The maximum absolute atomic E-state index is 11.7. The van der Waals surface area contributed by atoms with E-state index in [1.165, 1.54) is 0 Å². The van der Waals surface area contributed by atoms with Crippen molar-refractivity contribution >= 4 is 21.9 Å². The number of benzene rings is 2. The fourth-order valence-electron chi connectivity index (χ4n) is 2.05. The summed E-state index contributed by atoms with van der Waals surface area (Å²) in [6, 6.07) is 15.4. The maximum Gasteiger partial charge on any atom is 0.339 e. The average molecular weight is 289 g/mol. The average Bonchev–Trinajstić information content (AvgIpc) is 2.67. The van der Waals surface area contributed by atoms with Crippen LogP contribution in [0.1, 0.15) is 27.6 Å². The second-order valence-electron chi connectivity index (χ2n) is 3.93. The van der Waals surface area contributed by atoms with Crippen LogP contribution in [0.25, 0.3) is 0 Å². The van der Waals surface area contributed by atoms with E-state index in [4.69, 9.17) is 4.74 Å². The molecular weight excluding hydrogens is 280 g/mol. The van der Waals surface area contributed by atoms with E-state index in [2.05, 4.69) is 15.9 Å². The van der Waals surface area contributed by atoms with Gasteiger partial charge in [-0.3, -0.25) is 0 Å². The standard InChI is InChI=1S/C14H9BrO2/c15-10-6-7-11-12(8-10)13(17-14(11)16)9-4-2-1-3-5-9/h1-8,13H/t13-/m0/s1. The predicted molar refractivity (Wildman–Crippen MR) is 67.8 cm³/mol. The van der Waals surface area contributed by atoms with Gasteiger partial charge in [0.1, 0.15) is 0 Å². The molecule has 0 amide bonds. The Morgan fingerprint density at radius 3 is 2.59 bits per heavy atom. The molecule has 0 N–H and O–H groups in total. The minimum absolute atomic E-state index is 0.249. The van der Waals surface area contributed by atoms with Gasteiger partial charge in [-0.2, -0.15) is 0 Å². The molecule has 3 heteroatoms. The predicted octanol–water partition coefficient (Wildman–Crippen LogP) is 3.71. The van der Waals surface area contributed by atoms with Gasteiger partial charge in [-0.05, 0) is 23.8 Å². The van der Waals surface area contributed by atoms with Crippen LogP contribution in [0.3, 0.4) is 0 Å². The molecule has 0 saturated heterocycles. The van der Waals surface area contributed by atoms with E-state index in [-0.39, 0.29) is 12.1 Å². The first-order valence-electron chi connectivity index (χ1n) is 5.31. The zero-order chi connectivity index (χ0) is 11.8. The molecule has 17 heavy (non-hydrogen) atoms. The van der Waals surface area contributed by atoms with Crippen molar-refractivity contribution in [1.29, 1.82) is 0 Å². The third-order valence-electron chi connectivity index (χ3n) is 2.84. The van der Waals surface area contributed by atoms with E-state index >= 15 is 0 Å². The monoisotopic (exact) mass is 288 g/mol. The van der Waals surface area contributed by atoms with Gasteiger partial charge in [0.15, 0.2) is 6.10 Å². The van der Waals surface area contributed by atoms with Crippen LogP contribution < -0.4 is 0 Å². The minimum Gasteiger partial charge on any atom is -0.449 e. The molecule has 0 spiro atoms. The van der Waals surface area contributed by atoms with Crippen molar-refractivity contribution in [2.24, 2.45) is 0 Å². The Balaban J connectivity index is 2.13. The number of hydrogen-bond acceptors (Lipinski definition) is 2. The van der Waals surface area contributed by atoms with Crippen LogP contribution in [0, 0.1) is 0 Å². The quantitative estimate of drug-likeness (QED) is 0.748. The third kappa shape index (κ3) is 1.76. The Bertz CT molecular complexity index is 578. The highest BCUT2D eigenvalue weighted by atomic mass is 79.9. The van der Waals surface area contributed by atoms with Crippen LogP contribution in [0.2, 0.25) is 0 Å². The van der Waals surface area contributed by atoms with Crippen molar-refractivity contribution in [2.75, 3.05) is 0 Å². The first-order chi connectivity index (χ1) is 8.25. The number of hydrogen-bond donors (Lipinski definition) is 0. The SMILES string of the molecule is O=C1O[C@@H](c2ccccc2)c2cc(Br)ccc21. The van der Waals surface area contributed by atoms with Crippen molar-refractivity contribution in [3.8, 4) is 0 Å². The minimum atomic E-state index is -0.281. The van der Waals surface area contributed by atoms with Crippen molar-refractivity contribution in [1.82, 2.24) is 0 Å². The van der Waals surface area contributed by atoms with Crippen molar-refractivity contribution in [2.45, 2.75) is 6.10 Å². The van der Waals surface area contributed by atoms with E-state index in [9.17, 15) is 4.79 Å². The molecule has 1 heterocycles. The molecule has 2 aromatic rings. The molecule has 0 saturated carbocycles. The molecule has 0 aliphatic carbocycles. The summed E-state index contributed by atoms with van der Waals surface area (Å²) in [5.41, 5.74) is 2.58. The summed E-state index contributed by atoms with van der Waals surface area (Å²) in [7, 11) is 0. The Morgan fingerprint density at radius 1 is 1.06 bits per heavy atom. The number of esters is 1. The molecule has 1 aliphatic rings. The van der Waals surface area contributed by atoms with Crippen LogP contribution in [0.5, 0.6) is 0 Å². The number of carbonyl (C=O) groups excluding carboxylic acids is 1. The summed E-state index contributed by atoms with van der Waals surface area (Å²) in [4.78, 5) is 11.7. The van der Waals surface area contributed by atoms with Crippen LogP contribution in [-0.4, -0.2) is 5.97 Å². The van der Waals surface area contributed by atoms with E-state index < -0.39 is 0 Å². The molecule has 3 rings (SSSR count). The highest BCUT2D eigenvalue weighted by Gasteiger charge is 2.31. The van der Waals surface area contributed by atoms with Crippen LogP contribution in [0.4, 0.5) is 0 Å². The second-order valence-corrected chi connectivity index (χ2v) is 4.84. The molecule has 84 valence electrons. The van der Waals surface area contributed by atoms with Gasteiger partial charge in [-0.25, -0.2) is 4.79 Å². The maximum atomic E-state index is 11.7. The lowest BCUT2D eigenvalue weighted by Crippen LogP contribution is -2.00. The van der Waals surface area contributed by atoms with Gasteiger partial charge < -0.3 is 4.74 Å². The zero-order valence-electron chi connectivity index (χ0n) is 8.89. The highest BCUT2D eigenvalue weighted by Crippen LogP contribution is 2.36. The van der Waals surface area contributed by atoms with Crippen LogP contribution in [0.15, 0.2) is 53.0 Å². The largest absolute Gasteiger partial charge is 0.449 e. The molecule has 1 atom stereocenters. The van der Waals surface area contributed by atoms with Gasteiger partial charge in [-0.1, -0.05) is 46.3 Å². The lowest BCUT2D eigenvalue weighted by atomic mass is 9.99. The molecule has 0 bridgehead atoms. The Kier molecular flexibility index (Phi) is 2.48. The molecule has 2 nitrogen and oxygen atoms in total. The summed E-state index contributed by atoms with van der Waals surface area (Å²) in [5.74, 6) is -0.249. The molecule has 0 unspecified atom stereocenters. The van der Waals surface area contributed by atoms with E-state index in [0.717, 1.165) is 15.6 Å². The smallest absolute Gasteiger partial charge is 0.339 e. The van der Waals surface area contributed by atoms with Gasteiger partial charge in [0.05, 0.1) is 5.56 Å². The molecule has 0 radical (unpaired) electrons. The number of ether oxygens (including phenoxy) is 1. The van der Waals surface area contributed by atoms with Crippen molar-refractivity contribution in [3.05, 3.63) is 69.7 Å². The van der Waals surface area contributed by atoms with E-state index in [0.29, 0.717) is 5.56 Å². The van der Waals surface area contributed by atoms with E-state index in [1.807, 2.05) is 42.5 Å². The van der Waals surface area contributed by atoms with Crippen molar-refractivity contribution in [3.63, 3.8) is 0 Å². The number of fused-ring (bicyclic) bond motifs is 1. The van der Waals surface area contributed by atoms with Crippen LogP contribution in [-0.2, 0) is 4.74 Å². The number of carbonyl (C=O) groups is 1. The number of cyclic esters (lactones) is 1. The fourth-order valence-corrected chi connectivity index (χ4v) is 2.42. The van der Waals surface area contributed by atoms with Gasteiger partial charge >= 0.3 is 5.97 Å². The van der Waals surface area contributed by atoms with Gasteiger partial charge in [0, 0.05) is 10.0 Å². The molecule has 0 fully saturated rings. The summed E-state index contributed by atoms with van der Waals surface area (Å²) < 4.78 is 6.37. The van der Waals surface area contributed by atoms with Crippen LogP contribution >= 0.6 is 15.9 Å². The Morgan fingerprint density at radius 2 is 1.82 bits per heavy atom. The summed E-state index contributed by atoms with van der Waals surface area (Å²) in [5, 5.41) is 0. The highest BCUT2D eigenvalue weighted by molar-refractivity contribution is 9.10. The molecule has 2 aromatic carbocycles. The molecule has 0 aromatic heterocycles. The number of halogens is 1.